The summed E-state index contributed by atoms with van der Waals surface area (Å²) in [6.45, 7) is 7.79. The summed E-state index contributed by atoms with van der Waals surface area (Å²) in [7, 11) is 1.81. The van der Waals surface area contributed by atoms with E-state index < -0.39 is 0 Å². The smallest absolute Gasteiger partial charge is 0.226 e. The molecule has 1 saturated heterocycles. The average molecular weight is 289 g/mol. The standard InChI is InChI=1S/C14H23N7/c1-9(2)21-5-4-10(7-21)6-16-12-11-13(18-8-17-11)20-14(15-3)19-12/h8-10H,4-7H2,1-3H3,(H3,15,16,17,18,19,20). The summed E-state index contributed by atoms with van der Waals surface area (Å²) >= 11 is 0. The molecule has 0 aromatic carbocycles. The van der Waals surface area contributed by atoms with Crippen LogP contribution in [0.4, 0.5) is 11.8 Å². The lowest BCUT2D eigenvalue weighted by molar-refractivity contribution is 0.266. The quantitative estimate of drug-likeness (QED) is 0.774. The molecule has 2 aromatic heterocycles. The average Bonchev–Trinajstić information content (AvgIpc) is 3.13. The van der Waals surface area contributed by atoms with Gasteiger partial charge in [0, 0.05) is 26.2 Å². The van der Waals surface area contributed by atoms with Gasteiger partial charge in [0.15, 0.2) is 11.5 Å². The number of imidazole rings is 1. The van der Waals surface area contributed by atoms with E-state index in [9.17, 15) is 0 Å². The predicted octanol–water partition coefficient (Wildman–Crippen LogP) is 1.54. The molecule has 114 valence electrons. The van der Waals surface area contributed by atoms with E-state index in [1.54, 1.807) is 6.33 Å². The van der Waals surface area contributed by atoms with Gasteiger partial charge in [0.25, 0.3) is 0 Å². The van der Waals surface area contributed by atoms with Crippen LogP contribution in [-0.2, 0) is 0 Å². The maximum Gasteiger partial charge on any atom is 0.226 e. The van der Waals surface area contributed by atoms with Crippen molar-refractivity contribution in [3.05, 3.63) is 6.33 Å². The van der Waals surface area contributed by atoms with Gasteiger partial charge in [-0.3, -0.25) is 0 Å². The SMILES string of the molecule is CNc1nc(NCC2CCN(C(C)C)C2)c2[nH]cnc2n1. The molecule has 1 unspecified atom stereocenters. The lowest BCUT2D eigenvalue weighted by Crippen LogP contribution is -2.29. The second-order valence-electron chi connectivity index (χ2n) is 5.87. The summed E-state index contributed by atoms with van der Waals surface area (Å²) in [5.74, 6) is 2.08. The van der Waals surface area contributed by atoms with E-state index >= 15 is 0 Å². The Labute approximate surface area is 124 Å². The molecule has 0 radical (unpaired) electrons. The second kappa shape index (κ2) is 5.85. The monoisotopic (exact) mass is 289 g/mol. The first kappa shape index (κ1) is 14.1. The molecule has 3 heterocycles. The molecular weight excluding hydrogens is 266 g/mol. The van der Waals surface area contributed by atoms with Crippen molar-refractivity contribution in [1.29, 1.82) is 0 Å². The van der Waals surface area contributed by atoms with Gasteiger partial charge in [0.2, 0.25) is 5.95 Å². The van der Waals surface area contributed by atoms with Crippen LogP contribution in [0.25, 0.3) is 11.2 Å². The summed E-state index contributed by atoms with van der Waals surface area (Å²) < 4.78 is 0. The zero-order chi connectivity index (χ0) is 14.8. The molecule has 0 saturated carbocycles. The molecule has 0 bridgehead atoms. The summed E-state index contributed by atoms with van der Waals surface area (Å²) in [5, 5.41) is 6.44. The Bertz CT molecular complexity index is 606. The van der Waals surface area contributed by atoms with Crippen LogP contribution in [0.5, 0.6) is 0 Å². The highest BCUT2D eigenvalue weighted by Gasteiger charge is 2.24. The first-order valence-corrected chi connectivity index (χ1v) is 7.54. The second-order valence-corrected chi connectivity index (χ2v) is 5.87. The molecule has 7 nitrogen and oxygen atoms in total. The zero-order valence-corrected chi connectivity index (χ0v) is 12.8. The largest absolute Gasteiger partial charge is 0.368 e. The minimum absolute atomic E-state index is 0.590. The lowest BCUT2D eigenvalue weighted by Gasteiger charge is -2.20. The van der Waals surface area contributed by atoms with Gasteiger partial charge in [-0.25, -0.2) is 4.98 Å². The Morgan fingerprint density at radius 3 is 3.00 bits per heavy atom. The van der Waals surface area contributed by atoms with Gasteiger partial charge in [-0.1, -0.05) is 0 Å². The number of rotatable bonds is 5. The maximum absolute atomic E-state index is 4.49. The third kappa shape index (κ3) is 2.92. The highest BCUT2D eigenvalue weighted by molar-refractivity contribution is 5.83. The van der Waals surface area contributed by atoms with E-state index in [2.05, 4.69) is 49.3 Å². The number of aromatic amines is 1. The predicted molar refractivity (Wildman–Crippen MR) is 84.5 cm³/mol. The number of nitrogens with one attached hydrogen (secondary N) is 3. The van der Waals surface area contributed by atoms with Crippen molar-refractivity contribution >= 4 is 22.9 Å². The molecule has 1 atom stereocenters. The number of hydrogen-bond donors (Lipinski definition) is 3. The van der Waals surface area contributed by atoms with Gasteiger partial charge in [0.05, 0.1) is 6.33 Å². The van der Waals surface area contributed by atoms with Crippen LogP contribution in [0.15, 0.2) is 6.33 Å². The fourth-order valence-electron chi connectivity index (χ4n) is 2.81. The first-order valence-electron chi connectivity index (χ1n) is 7.54. The Morgan fingerprint density at radius 2 is 2.29 bits per heavy atom. The number of aromatic nitrogens is 4. The van der Waals surface area contributed by atoms with E-state index in [4.69, 9.17) is 0 Å². The van der Waals surface area contributed by atoms with E-state index in [1.807, 2.05) is 7.05 Å². The molecular formula is C14H23N7. The molecule has 2 aromatic rings. The molecule has 1 aliphatic heterocycles. The summed E-state index contributed by atoms with van der Waals surface area (Å²) in [5.41, 5.74) is 1.56. The molecule has 3 rings (SSSR count). The summed E-state index contributed by atoms with van der Waals surface area (Å²) in [6.07, 6.45) is 2.89. The van der Waals surface area contributed by atoms with Gasteiger partial charge in [-0.15, -0.1) is 0 Å². The van der Waals surface area contributed by atoms with E-state index in [0.717, 1.165) is 24.4 Å². The van der Waals surface area contributed by atoms with Gasteiger partial charge in [0.1, 0.15) is 5.52 Å². The third-order valence-electron chi connectivity index (χ3n) is 4.11. The summed E-state index contributed by atoms with van der Waals surface area (Å²) in [4.78, 5) is 18.6. The fraction of sp³-hybridized carbons (Fsp3) is 0.643. The molecule has 0 spiro atoms. The van der Waals surface area contributed by atoms with Gasteiger partial charge in [-0.05, 0) is 32.7 Å². The number of nitrogens with zero attached hydrogens (tertiary/aromatic N) is 4. The minimum atomic E-state index is 0.590. The van der Waals surface area contributed by atoms with Crippen LogP contribution in [-0.4, -0.2) is 57.6 Å². The molecule has 0 amide bonds. The fourth-order valence-corrected chi connectivity index (χ4v) is 2.81. The molecule has 7 heteroatoms. The Morgan fingerprint density at radius 1 is 1.43 bits per heavy atom. The van der Waals surface area contributed by atoms with Crippen molar-refractivity contribution in [2.45, 2.75) is 26.3 Å². The van der Waals surface area contributed by atoms with Crippen LogP contribution >= 0.6 is 0 Å². The normalized spacial score (nSPS) is 19.5. The van der Waals surface area contributed by atoms with Crippen molar-refractivity contribution in [3.8, 4) is 0 Å². The summed E-state index contributed by atoms with van der Waals surface area (Å²) in [6, 6.07) is 0.629. The van der Waals surface area contributed by atoms with Crippen molar-refractivity contribution in [2.75, 3.05) is 37.3 Å². The number of anilines is 2. The van der Waals surface area contributed by atoms with Crippen molar-refractivity contribution in [2.24, 2.45) is 5.92 Å². The minimum Gasteiger partial charge on any atom is -0.368 e. The van der Waals surface area contributed by atoms with Gasteiger partial charge in [-0.2, -0.15) is 9.97 Å². The van der Waals surface area contributed by atoms with E-state index in [1.165, 1.54) is 13.0 Å². The van der Waals surface area contributed by atoms with Crippen molar-refractivity contribution in [1.82, 2.24) is 24.8 Å². The van der Waals surface area contributed by atoms with Crippen LogP contribution in [0.1, 0.15) is 20.3 Å². The molecule has 0 aliphatic carbocycles. The highest BCUT2D eigenvalue weighted by atomic mass is 15.2. The number of hydrogen-bond acceptors (Lipinski definition) is 6. The zero-order valence-electron chi connectivity index (χ0n) is 12.8. The molecule has 3 N–H and O–H groups in total. The molecule has 21 heavy (non-hydrogen) atoms. The van der Waals surface area contributed by atoms with Crippen LogP contribution in [0.2, 0.25) is 0 Å². The van der Waals surface area contributed by atoms with Crippen molar-refractivity contribution < 1.29 is 0 Å². The number of likely N-dealkylation sites (tertiary alicyclic amines) is 1. The Kier molecular flexibility index (Phi) is 3.92. The Hall–Kier alpha value is -1.89. The maximum atomic E-state index is 4.49. The molecule has 1 aliphatic rings. The van der Waals surface area contributed by atoms with E-state index in [0.29, 0.717) is 23.6 Å². The van der Waals surface area contributed by atoms with E-state index in [-0.39, 0.29) is 0 Å². The highest BCUT2D eigenvalue weighted by Crippen LogP contribution is 2.22. The lowest BCUT2D eigenvalue weighted by atomic mass is 10.1. The van der Waals surface area contributed by atoms with Gasteiger partial charge < -0.3 is 20.5 Å². The van der Waals surface area contributed by atoms with Crippen LogP contribution in [0, 0.1) is 5.92 Å². The van der Waals surface area contributed by atoms with Crippen LogP contribution in [0.3, 0.4) is 0 Å². The van der Waals surface area contributed by atoms with Crippen LogP contribution < -0.4 is 10.6 Å². The number of fused-ring (bicyclic) bond motifs is 1. The van der Waals surface area contributed by atoms with Crippen molar-refractivity contribution in [3.63, 3.8) is 0 Å². The topological polar surface area (TPSA) is 81.8 Å². The molecule has 1 fully saturated rings. The van der Waals surface area contributed by atoms with Gasteiger partial charge >= 0.3 is 0 Å². The first-order chi connectivity index (χ1) is 10.2. The third-order valence-corrected chi connectivity index (χ3v) is 4.11. The number of H-pyrrole nitrogens is 1. The Balaban J connectivity index is 1.69.